The van der Waals surface area contributed by atoms with Gasteiger partial charge in [0.05, 0.1) is 0 Å². The zero-order chi connectivity index (χ0) is 13.6. The van der Waals surface area contributed by atoms with Gasteiger partial charge in [0.25, 0.3) is 0 Å². The van der Waals surface area contributed by atoms with Crippen LogP contribution in [0.5, 0.6) is 0 Å². The van der Waals surface area contributed by atoms with E-state index < -0.39 is 0 Å². The highest BCUT2D eigenvalue weighted by Crippen LogP contribution is 2.21. The molecule has 0 heterocycles. The summed E-state index contributed by atoms with van der Waals surface area (Å²) >= 11 is 0. The van der Waals surface area contributed by atoms with Crippen molar-refractivity contribution < 1.29 is 5.48 Å². The van der Waals surface area contributed by atoms with Gasteiger partial charge in [0.1, 0.15) is 0 Å². The molecule has 0 bridgehead atoms. The van der Waals surface area contributed by atoms with Crippen molar-refractivity contribution in [2.24, 2.45) is 0 Å². The quantitative estimate of drug-likeness (QED) is 0.700. The van der Waals surface area contributed by atoms with E-state index in [0.29, 0.717) is 0 Å². The average molecular weight is 276 g/mol. The van der Waals surface area contributed by atoms with E-state index in [1.54, 1.807) is 0 Å². The van der Waals surface area contributed by atoms with Crippen molar-refractivity contribution in [3.63, 3.8) is 0 Å². The van der Waals surface area contributed by atoms with Crippen LogP contribution in [0.2, 0.25) is 0 Å². The summed E-state index contributed by atoms with van der Waals surface area (Å²) in [7, 11) is 0. The normalized spacial score (nSPS) is 9.52. The number of anilines is 4. The van der Waals surface area contributed by atoms with Crippen LogP contribution in [0.15, 0.2) is 84.9 Å². The highest BCUT2D eigenvalue weighted by Gasteiger charge is 1.96. The van der Waals surface area contributed by atoms with Crippen molar-refractivity contribution in [2.45, 2.75) is 0 Å². The first-order valence-electron chi connectivity index (χ1n) is 6.64. The molecule has 0 aliphatic carbocycles. The van der Waals surface area contributed by atoms with Crippen LogP contribution in [0.3, 0.4) is 0 Å². The molecule has 104 valence electrons. The third-order valence-corrected chi connectivity index (χ3v) is 3.01. The summed E-state index contributed by atoms with van der Waals surface area (Å²) in [6, 6.07) is 28.6. The fourth-order valence-electron chi connectivity index (χ4n) is 2.01. The Morgan fingerprint density at radius 1 is 0.381 bits per heavy atom. The number of hydrogen-bond acceptors (Lipinski definition) is 2. The molecule has 3 rings (SSSR count). The van der Waals surface area contributed by atoms with Gasteiger partial charge in [0, 0.05) is 28.2 Å². The topological polar surface area (TPSA) is 52.6 Å². The van der Waals surface area contributed by atoms with Crippen molar-refractivity contribution in [2.75, 3.05) is 10.6 Å². The molecule has 3 aromatic carbocycles. The van der Waals surface area contributed by atoms with Gasteiger partial charge in [0.15, 0.2) is 0 Å². The molecule has 0 saturated heterocycles. The third-order valence-electron chi connectivity index (χ3n) is 3.01. The highest BCUT2D eigenvalue weighted by molar-refractivity contribution is 5.65. The Kier molecular flexibility index (Phi) is 4.96. The van der Waals surface area contributed by atoms with E-state index in [-0.39, 0.29) is 5.48 Å². The molecule has 3 aromatic rings. The van der Waals surface area contributed by atoms with Crippen LogP contribution in [0.1, 0.15) is 0 Å². The maximum atomic E-state index is 3.37. The summed E-state index contributed by atoms with van der Waals surface area (Å²) in [4.78, 5) is 0. The molecule has 0 aromatic heterocycles. The molecule has 2 radical (unpaired) electrons. The molecule has 0 amide bonds. The Morgan fingerprint density at radius 3 is 1.00 bits per heavy atom. The van der Waals surface area contributed by atoms with Crippen LogP contribution in [0.25, 0.3) is 0 Å². The molecule has 3 heteroatoms. The first-order chi connectivity index (χ1) is 9.90. The maximum Gasteiger partial charge on any atom is 0.0385 e. The predicted octanol–water partition coefficient (Wildman–Crippen LogP) is 5.06. The highest BCUT2D eigenvalue weighted by atomic mass is 16.0. The standard InChI is InChI=1S/C18H16N2.O/c1-3-7-15(8-4-1)19-17-11-13-18(14-12-17)20-16-9-5-2-6-10-16;/h1-14,19-20H;. The molecule has 0 atom stereocenters. The number of benzene rings is 3. The first-order valence-corrected chi connectivity index (χ1v) is 6.64. The minimum absolute atomic E-state index is 0. The van der Waals surface area contributed by atoms with Crippen LogP contribution in [-0.4, -0.2) is 0 Å². The van der Waals surface area contributed by atoms with E-state index in [2.05, 4.69) is 59.2 Å². The van der Waals surface area contributed by atoms with Crippen molar-refractivity contribution in [1.82, 2.24) is 0 Å². The van der Waals surface area contributed by atoms with Crippen molar-refractivity contribution in [3.8, 4) is 0 Å². The number of hydrogen-bond donors (Lipinski definition) is 2. The van der Waals surface area contributed by atoms with Gasteiger partial charge in [-0.3, -0.25) is 0 Å². The summed E-state index contributed by atoms with van der Waals surface area (Å²) in [5, 5.41) is 6.73. The zero-order valence-electron chi connectivity index (χ0n) is 11.5. The zero-order valence-corrected chi connectivity index (χ0v) is 11.5. The Balaban J connectivity index is 0.00000161. The van der Waals surface area contributed by atoms with Crippen molar-refractivity contribution >= 4 is 22.7 Å². The maximum absolute atomic E-state index is 3.37. The first kappa shape index (κ1) is 14.6. The Morgan fingerprint density at radius 2 is 0.667 bits per heavy atom. The molecular formula is C18H16N2O. The second-order valence-electron chi connectivity index (χ2n) is 4.56. The number of para-hydroxylation sites is 2. The van der Waals surface area contributed by atoms with E-state index in [1.807, 2.05) is 36.4 Å². The predicted molar refractivity (Wildman–Crippen MR) is 86.6 cm³/mol. The van der Waals surface area contributed by atoms with E-state index >= 15 is 0 Å². The summed E-state index contributed by atoms with van der Waals surface area (Å²) < 4.78 is 0. The summed E-state index contributed by atoms with van der Waals surface area (Å²) in [5.41, 5.74) is 4.34. The van der Waals surface area contributed by atoms with Gasteiger partial charge in [-0.05, 0) is 48.5 Å². The number of nitrogens with one attached hydrogen (secondary N) is 2. The van der Waals surface area contributed by atoms with Crippen LogP contribution in [-0.2, 0) is 5.48 Å². The molecule has 21 heavy (non-hydrogen) atoms. The second kappa shape index (κ2) is 7.12. The molecule has 0 spiro atoms. The number of rotatable bonds is 4. The van der Waals surface area contributed by atoms with E-state index in [4.69, 9.17) is 0 Å². The van der Waals surface area contributed by atoms with Gasteiger partial charge in [-0.1, -0.05) is 36.4 Å². The van der Waals surface area contributed by atoms with E-state index in [9.17, 15) is 0 Å². The summed E-state index contributed by atoms with van der Waals surface area (Å²) in [6.45, 7) is 0. The van der Waals surface area contributed by atoms with Crippen LogP contribution >= 0.6 is 0 Å². The lowest BCUT2D eigenvalue weighted by Crippen LogP contribution is -1.92. The molecular weight excluding hydrogens is 260 g/mol. The largest absolute Gasteiger partial charge is 0.356 e. The molecule has 2 N–H and O–H groups in total. The van der Waals surface area contributed by atoms with Gasteiger partial charge in [0.2, 0.25) is 0 Å². The molecule has 0 aliphatic heterocycles. The lowest BCUT2D eigenvalue weighted by atomic mass is 10.2. The molecule has 0 saturated carbocycles. The fourth-order valence-corrected chi connectivity index (χ4v) is 2.01. The van der Waals surface area contributed by atoms with E-state index in [0.717, 1.165) is 22.7 Å². The molecule has 0 aliphatic rings. The molecule has 0 unspecified atom stereocenters. The van der Waals surface area contributed by atoms with Crippen molar-refractivity contribution in [3.05, 3.63) is 84.9 Å². The summed E-state index contributed by atoms with van der Waals surface area (Å²) in [6.07, 6.45) is 0. The smallest absolute Gasteiger partial charge is 0.0385 e. The monoisotopic (exact) mass is 276 g/mol. The van der Waals surface area contributed by atoms with E-state index in [1.165, 1.54) is 0 Å². The van der Waals surface area contributed by atoms with Gasteiger partial charge >= 0.3 is 0 Å². The van der Waals surface area contributed by atoms with Crippen LogP contribution in [0, 0.1) is 0 Å². The Bertz CT molecular complexity index is 591. The molecule has 0 fully saturated rings. The minimum Gasteiger partial charge on any atom is -0.356 e. The lowest BCUT2D eigenvalue weighted by Gasteiger charge is -2.09. The fraction of sp³-hybridized carbons (Fsp3) is 0. The van der Waals surface area contributed by atoms with Crippen LogP contribution < -0.4 is 10.6 Å². The van der Waals surface area contributed by atoms with Gasteiger partial charge in [-0.25, -0.2) is 0 Å². The minimum atomic E-state index is 0. The Hall–Kier alpha value is -2.78. The van der Waals surface area contributed by atoms with Gasteiger partial charge in [-0.15, -0.1) is 0 Å². The van der Waals surface area contributed by atoms with Gasteiger partial charge in [-0.2, -0.15) is 0 Å². The third kappa shape index (κ3) is 4.09. The van der Waals surface area contributed by atoms with Gasteiger partial charge < -0.3 is 10.6 Å². The van der Waals surface area contributed by atoms with Crippen LogP contribution in [0.4, 0.5) is 22.7 Å². The van der Waals surface area contributed by atoms with Crippen molar-refractivity contribution in [1.29, 1.82) is 0 Å². The Labute approximate surface area is 124 Å². The lowest BCUT2D eigenvalue weighted by molar-refractivity contribution is 0.686. The molecule has 3 nitrogen and oxygen atoms in total. The average Bonchev–Trinajstić information content (AvgIpc) is 2.51. The second-order valence-corrected chi connectivity index (χ2v) is 4.56. The SMILES string of the molecule is [O].c1ccc(Nc2ccc(Nc3ccccc3)cc2)cc1. The summed E-state index contributed by atoms with van der Waals surface area (Å²) in [5.74, 6) is 0.